The van der Waals surface area contributed by atoms with E-state index in [-0.39, 0.29) is 35.7 Å². The first kappa shape index (κ1) is 28.6. The molecule has 236 valence electrons. The van der Waals surface area contributed by atoms with Crippen LogP contribution in [0.1, 0.15) is 99.3 Å². The molecule has 10 nitrogen and oxygen atoms in total. The van der Waals surface area contributed by atoms with Gasteiger partial charge >= 0.3 is 0 Å². The Balaban J connectivity index is 1.08. The second-order valence-corrected chi connectivity index (χ2v) is 15.6. The fraction of sp³-hybridized carbons (Fsp3) is 0.969. The molecule has 8 saturated heterocycles. The number of nitrogens with zero attached hydrogens (tertiary/aromatic N) is 1. The van der Waals surface area contributed by atoms with Gasteiger partial charge in [0.05, 0.1) is 11.8 Å². The molecule has 2 aliphatic carbocycles. The van der Waals surface area contributed by atoms with E-state index in [2.05, 4.69) is 32.9 Å². The highest BCUT2D eigenvalue weighted by atomic mass is 17.3. The SMILES string of the molecule is C[C@H]1[C@@H](/C(C[C@H]2O[C@@H]3O[C@@]4(C)CC[C@H]5[C@H](C)CC[C@@H]([C@H]2C)[C@@]35OO4)=N\O)O[C@@H]2O[C@@]3(C)CC[C@H]4[C@H](C)CC[C@@H]1[C@@]24OO3. The number of oxime groups is 1. The van der Waals surface area contributed by atoms with Gasteiger partial charge in [-0.05, 0) is 87.9 Å². The average molecular weight is 592 g/mol. The quantitative estimate of drug-likeness (QED) is 0.191. The van der Waals surface area contributed by atoms with Gasteiger partial charge in [0.25, 0.3) is 0 Å². The van der Waals surface area contributed by atoms with E-state index in [1.54, 1.807) is 0 Å². The molecule has 10 rings (SSSR count). The van der Waals surface area contributed by atoms with Gasteiger partial charge in [0, 0.05) is 31.1 Å². The lowest BCUT2D eigenvalue weighted by Crippen LogP contribution is -2.71. The van der Waals surface area contributed by atoms with Gasteiger partial charge in [-0.1, -0.05) is 32.9 Å². The van der Waals surface area contributed by atoms with E-state index in [9.17, 15) is 5.21 Å². The van der Waals surface area contributed by atoms with Crippen molar-refractivity contribution in [1.82, 2.24) is 0 Å². The van der Waals surface area contributed by atoms with Crippen LogP contribution in [0.15, 0.2) is 5.16 Å². The summed E-state index contributed by atoms with van der Waals surface area (Å²) in [5, 5.41) is 14.4. The third-order valence-corrected chi connectivity index (χ3v) is 13.3. The molecule has 10 fully saturated rings. The highest BCUT2D eigenvalue weighted by Crippen LogP contribution is 2.63. The van der Waals surface area contributed by atoms with Gasteiger partial charge in [-0.2, -0.15) is 0 Å². The van der Waals surface area contributed by atoms with Gasteiger partial charge in [-0.25, -0.2) is 19.6 Å². The summed E-state index contributed by atoms with van der Waals surface area (Å²) in [5.41, 5.74) is -0.674. The van der Waals surface area contributed by atoms with Gasteiger partial charge in [0.1, 0.15) is 6.10 Å². The third kappa shape index (κ3) is 3.76. The van der Waals surface area contributed by atoms with E-state index in [0.717, 1.165) is 51.4 Å². The molecule has 10 heteroatoms. The molecule has 0 unspecified atom stereocenters. The summed E-state index contributed by atoms with van der Waals surface area (Å²) < 4.78 is 26.8. The van der Waals surface area contributed by atoms with Crippen LogP contribution >= 0.6 is 0 Å². The molecule has 8 heterocycles. The van der Waals surface area contributed by atoms with E-state index in [4.69, 9.17) is 38.5 Å². The first-order valence-corrected chi connectivity index (χ1v) is 16.6. The summed E-state index contributed by atoms with van der Waals surface area (Å²) in [6.07, 6.45) is 6.49. The Morgan fingerprint density at radius 3 is 1.74 bits per heavy atom. The minimum atomic E-state index is -0.850. The molecule has 0 aromatic heterocycles. The molecule has 2 saturated carbocycles. The molecule has 0 amide bonds. The summed E-state index contributed by atoms with van der Waals surface area (Å²) >= 11 is 0. The van der Waals surface area contributed by atoms with Crippen LogP contribution in [-0.4, -0.2) is 58.5 Å². The Morgan fingerprint density at radius 1 is 0.667 bits per heavy atom. The van der Waals surface area contributed by atoms with Crippen molar-refractivity contribution in [3.8, 4) is 0 Å². The number of hydrogen-bond acceptors (Lipinski definition) is 10. The third-order valence-electron chi connectivity index (χ3n) is 13.3. The minimum Gasteiger partial charge on any atom is -0.411 e. The van der Waals surface area contributed by atoms with Crippen LogP contribution < -0.4 is 0 Å². The molecule has 0 aromatic rings. The predicted molar refractivity (Wildman–Crippen MR) is 147 cm³/mol. The lowest BCUT2D eigenvalue weighted by molar-refractivity contribution is -0.571. The average Bonchev–Trinajstić information content (AvgIpc) is 3.34. The highest BCUT2D eigenvalue weighted by molar-refractivity contribution is 5.89. The zero-order valence-electron chi connectivity index (χ0n) is 26.0. The molecule has 2 spiro atoms. The van der Waals surface area contributed by atoms with Crippen LogP contribution in [0.3, 0.4) is 0 Å². The van der Waals surface area contributed by atoms with Crippen LogP contribution in [0.5, 0.6) is 0 Å². The summed E-state index contributed by atoms with van der Waals surface area (Å²) in [5.74, 6) is 0.478. The van der Waals surface area contributed by atoms with Crippen molar-refractivity contribution in [3.05, 3.63) is 0 Å². The largest absolute Gasteiger partial charge is 0.411 e. The van der Waals surface area contributed by atoms with Crippen LogP contribution in [0.4, 0.5) is 0 Å². The second kappa shape index (κ2) is 9.58. The smallest absolute Gasteiger partial charge is 0.201 e. The van der Waals surface area contributed by atoms with Crippen molar-refractivity contribution in [2.75, 3.05) is 0 Å². The van der Waals surface area contributed by atoms with E-state index < -0.39 is 41.5 Å². The molecular formula is C32H49NO9. The van der Waals surface area contributed by atoms with Crippen molar-refractivity contribution in [2.24, 2.45) is 52.5 Å². The van der Waals surface area contributed by atoms with Crippen molar-refractivity contribution < 1.29 is 43.7 Å². The maximum absolute atomic E-state index is 10.5. The van der Waals surface area contributed by atoms with E-state index in [1.807, 2.05) is 13.8 Å². The van der Waals surface area contributed by atoms with Gasteiger partial charge < -0.3 is 24.2 Å². The van der Waals surface area contributed by atoms with Crippen molar-refractivity contribution in [1.29, 1.82) is 0 Å². The summed E-state index contributed by atoms with van der Waals surface area (Å²) in [4.78, 5) is 24.6. The summed E-state index contributed by atoms with van der Waals surface area (Å²) in [7, 11) is 0. The molecule has 42 heavy (non-hydrogen) atoms. The van der Waals surface area contributed by atoms with Crippen LogP contribution in [0, 0.1) is 47.3 Å². The summed E-state index contributed by atoms with van der Waals surface area (Å²) in [6.45, 7) is 13.0. The zero-order valence-corrected chi connectivity index (χ0v) is 26.0. The molecule has 8 aliphatic heterocycles. The van der Waals surface area contributed by atoms with Crippen LogP contribution in [0.25, 0.3) is 0 Å². The number of rotatable bonds is 3. The van der Waals surface area contributed by atoms with Crippen LogP contribution in [-0.2, 0) is 38.5 Å². The Labute approximate surface area is 248 Å². The van der Waals surface area contributed by atoms with Gasteiger partial charge in [0.15, 0.2) is 23.8 Å². The Bertz CT molecular complexity index is 1120. The first-order chi connectivity index (χ1) is 20.0. The number of ether oxygens (including phenoxy) is 4. The predicted octanol–water partition coefficient (Wildman–Crippen LogP) is 5.71. The fourth-order valence-electron chi connectivity index (χ4n) is 10.9. The lowest BCUT2D eigenvalue weighted by Gasteiger charge is -2.61. The molecule has 10 aliphatic rings. The highest BCUT2D eigenvalue weighted by Gasteiger charge is 2.71. The van der Waals surface area contributed by atoms with Gasteiger partial charge in [0.2, 0.25) is 11.6 Å². The van der Waals surface area contributed by atoms with E-state index >= 15 is 0 Å². The zero-order chi connectivity index (χ0) is 29.2. The Hall–Kier alpha value is -0.850. The molecule has 1 N–H and O–H groups in total. The Kier molecular flexibility index (Phi) is 6.53. The standard InChI is InChI=1S/C32H49NO9/c1-16-7-9-22-18(3)25(35-27-31(22)20(16)11-13-29(5,37-27)39-41-31)15-24(33-34)26-19(4)23-10-8-17(2)21-12-14-30(6)38-28(36-26)32(21,23)42-40-30/h16-23,25-28,34H,7-15H2,1-6H3/b33-24-/t16-,17-,18-,19-,20+,21+,22+,23+,25-,26+,27-,28-,29-,30-,31-,32-/m1/s1. The van der Waals surface area contributed by atoms with E-state index in [0.29, 0.717) is 29.9 Å². The summed E-state index contributed by atoms with van der Waals surface area (Å²) in [6, 6.07) is 0. The minimum absolute atomic E-state index is 0.0442. The monoisotopic (exact) mass is 591 g/mol. The van der Waals surface area contributed by atoms with Gasteiger partial charge in [-0.15, -0.1) is 0 Å². The topological polar surface area (TPSA) is 106 Å². The van der Waals surface area contributed by atoms with Crippen LogP contribution in [0.2, 0.25) is 0 Å². The second-order valence-electron chi connectivity index (χ2n) is 15.6. The molecule has 0 radical (unpaired) electrons. The molecule has 16 atom stereocenters. The van der Waals surface area contributed by atoms with Crippen molar-refractivity contribution in [2.45, 2.75) is 147 Å². The van der Waals surface area contributed by atoms with Gasteiger partial charge in [-0.3, -0.25) is 0 Å². The molecule has 0 aromatic carbocycles. The van der Waals surface area contributed by atoms with Crippen molar-refractivity contribution in [3.63, 3.8) is 0 Å². The normalized spacial score (nSPS) is 60.3. The number of hydrogen-bond donors (Lipinski definition) is 1. The molecular weight excluding hydrogens is 542 g/mol. The lowest BCUT2D eigenvalue weighted by atomic mass is 9.56. The van der Waals surface area contributed by atoms with Crippen molar-refractivity contribution >= 4 is 5.71 Å². The fourth-order valence-corrected chi connectivity index (χ4v) is 10.9. The molecule has 4 bridgehead atoms. The number of fused-ring (bicyclic) bond motifs is 4. The van der Waals surface area contributed by atoms with E-state index in [1.165, 1.54) is 0 Å². The maximum atomic E-state index is 10.5. The first-order valence-electron chi connectivity index (χ1n) is 16.6. The maximum Gasteiger partial charge on any atom is 0.201 e. The Morgan fingerprint density at radius 2 is 1.19 bits per heavy atom.